The van der Waals surface area contributed by atoms with E-state index in [4.69, 9.17) is 5.41 Å². The summed E-state index contributed by atoms with van der Waals surface area (Å²) in [6.07, 6.45) is 0.339. The van der Waals surface area contributed by atoms with Gasteiger partial charge in [-0.15, -0.1) is 0 Å². The molecule has 0 amide bonds. The van der Waals surface area contributed by atoms with Gasteiger partial charge in [0.1, 0.15) is 0 Å². The monoisotopic (exact) mass is 428 g/mol. The van der Waals surface area contributed by atoms with Crippen molar-refractivity contribution in [3.8, 4) is 0 Å². The Morgan fingerprint density at radius 2 is 1.55 bits per heavy atom. The third-order valence-corrected chi connectivity index (χ3v) is 5.95. The van der Waals surface area contributed by atoms with Crippen LogP contribution in [0.1, 0.15) is 45.2 Å². The van der Waals surface area contributed by atoms with Crippen molar-refractivity contribution in [2.45, 2.75) is 26.8 Å². The second kappa shape index (κ2) is 8.52. The fourth-order valence-electron chi connectivity index (χ4n) is 4.11. The van der Waals surface area contributed by atoms with E-state index >= 15 is 0 Å². The van der Waals surface area contributed by atoms with E-state index in [1.54, 1.807) is 6.07 Å². The Bertz CT molecular complexity index is 1350. The summed E-state index contributed by atoms with van der Waals surface area (Å²) in [6.45, 7) is 4.78. The number of fused-ring (bicyclic) bond motifs is 3. The molecule has 1 heterocycles. The van der Waals surface area contributed by atoms with E-state index in [-0.39, 0.29) is 17.3 Å². The standard InChI is InChI=1S/C26H24N2O2S/c1-3-28-23-10-8-17(25(29)19-7-5-4-6-16(19)2)14-20(23)21-15-18(9-11-24(21)28)26(30)22(27)12-13-31/h4-11,14-15,27,31H,3,12-13H2,1-2H3. The van der Waals surface area contributed by atoms with Crippen LogP contribution in [-0.2, 0) is 6.54 Å². The van der Waals surface area contributed by atoms with Gasteiger partial charge < -0.3 is 9.98 Å². The predicted octanol–water partition coefficient (Wildman–Crippen LogP) is 5.88. The van der Waals surface area contributed by atoms with E-state index in [0.29, 0.717) is 28.9 Å². The average molecular weight is 429 g/mol. The van der Waals surface area contributed by atoms with Crippen LogP contribution < -0.4 is 0 Å². The maximum absolute atomic E-state index is 13.2. The number of thiol groups is 1. The van der Waals surface area contributed by atoms with Gasteiger partial charge in [0.25, 0.3) is 0 Å². The van der Waals surface area contributed by atoms with Gasteiger partial charge in [0.15, 0.2) is 5.78 Å². The van der Waals surface area contributed by atoms with E-state index < -0.39 is 0 Å². The maximum Gasteiger partial charge on any atom is 0.206 e. The summed E-state index contributed by atoms with van der Waals surface area (Å²) in [4.78, 5) is 25.8. The van der Waals surface area contributed by atoms with Gasteiger partial charge >= 0.3 is 0 Å². The summed E-state index contributed by atoms with van der Waals surface area (Å²) in [5, 5.41) is 9.86. The van der Waals surface area contributed by atoms with Gasteiger partial charge in [0.05, 0.1) is 5.71 Å². The Hall–Kier alpha value is -3.18. The van der Waals surface area contributed by atoms with Gasteiger partial charge in [-0.05, 0) is 61.6 Å². The molecule has 0 aliphatic carbocycles. The lowest BCUT2D eigenvalue weighted by Crippen LogP contribution is -2.13. The Balaban J connectivity index is 1.89. The van der Waals surface area contributed by atoms with Crippen molar-refractivity contribution >= 4 is 51.7 Å². The van der Waals surface area contributed by atoms with Crippen LogP contribution in [0.15, 0.2) is 60.7 Å². The Kier molecular flexibility index (Phi) is 5.79. The lowest BCUT2D eigenvalue weighted by molar-refractivity contribution is 0.103. The molecule has 3 aromatic carbocycles. The molecule has 0 aliphatic rings. The average Bonchev–Trinajstić information content (AvgIpc) is 3.10. The van der Waals surface area contributed by atoms with Crippen molar-refractivity contribution in [1.29, 1.82) is 5.41 Å². The number of aromatic nitrogens is 1. The number of hydrogen-bond acceptors (Lipinski definition) is 4. The lowest BCUT2D eigenvalue weighted by Gasteiger charge is -2.06. The molecule has 0 spiro atoms. The number of carbonyl (C=O) groups excluding carboxylic acids is 2. The van der Waals surface area contributed by atoms with Crippen molar-refractivity contribution in [2.24, 2.45) is 0 Å². The molecule has 0 saturated carbocycles. The molecule has 1 N–H and O–H groups in total. The molecule has 0 aliphatic heterocycles. The van der Waals surface area contributed by atoms with Gasteiger partial charge in [-0.2, -0.15) is 12.6 Å². The molecule has 4 aromatic rings. The first kappa shape index (κ1) is 21.1. The van der Waals surface area contributed by atoms with Crippen molar-refractivity contribution < 1.29 is 9.59 Å². The molecular weight excluding hydrogens is 404 g/mol. The van der Waals surface area contributed by atoms with Gasteiger partial charge in [-0.1, -0.05) is 24.3 Å². The quantitative estimate of drug-likeness (QED) is 0.219. The Labute approximate surface area is 186 Å². The summed E-state index contributed by atoms with van der Waals surface area (Å²) in [5.41, 5.74) is 4.84. The summed E-state index contributed by atoms with van der Waals surface area (Å²) < 4.78 is 2.18. The van der Waals surface area contributed by atoms with Crippen LogP contribution in [0.5, 0.6) is 0 Å². The summed E-state index contributed by atoms with van der Waals surface area (Å²) in [6, 6.07) is 18.9. The zero-order chi connectivity index (χ0) is 22.1. The molecule has 4 nitrogen and oxygen atoms in total. The number of hydrogen-bond donors (Lipinski definition) is 2. The van der Waals surface area contributed by atoms with E-state index in [0.717, 1.165) is 33.9 Å². The summed E-state index contributed by atoms with van der Waals surface area (Å²) in [5.74, 6) is 0.174. The number of nitrogens with one attached hydrogen (secondary N) is 1. The third kappa shape index (κ3) is 3.70. The number of nitrogens with zero attached hydrogens (tertiary/aromatic N) is 1. The minimum absolute atomic E-state index is 0.0137. The number of carbonyl (C=O) groups is 2. The van der Waals surface area contributed by atoms with Crippen LogP contribution >= 0.6 is 12.6 Å². The third-order valence-electron chi connectivity index (χ3n) is 5.73. The Morgan fingerprint density at radius 3 is 2.16 bits per heavy atom. The van der Waals surface area contributed by atoms with Crippen LogP contribution in [-0.4, -0.2) is 27.6 Å². The fraction of sp³-hybridized carbons (Fsp3) is 0.192. The molecular formula is C26H24N2O2S. The summed E-state index contributed by atoms with van der Waals surface area (Å²) in [7, 11) is 0. The number of Topliss-reactive ketones (excluding diaryl/α,β-unsaturated/α-hetero) is 1. The molecule has 0 atom stereocenters. The van der Waals surface area contributed by atoms with Crippen molar-refractivity contribution in [3.05, 3.63) is 82.9 Å². The normalized spacial score (nSPS) is 11.2. The molecule has 0 fully saturated rings. The van der Waals surface area contributed by atoms with Gasteiger partial charge in [0, 0.05) is 51.5 Å². The number of rotatable bonds is 7. The molecule has 5 heteroatoms. The van der Waals surface area contributed by atoms with E-state index in [1.807, 2.05) is 61.5 Å². The molecule has 4 rings (SSSR count). The lowest BCUT2D eigenvalue weighted by atomic mass is 9.97. The van der Waals surface area contributed by atoms with Gasteiger partial charge in [-0.25, -0.2) is 0 Å². The van der Waals surface area contributed by atoms with Crippen LogP contribution in [0.25, 0.3) is 21.8 Å². The molecule has 0 radical (unpaired) electrons. The highest BCUT2D eigenvalue weighted by Gasteiger charge is 2.18. The SMILES string of the molecule is CCn1c2ccc(C(=O)C(=N)CCS)cc2c2cc(C(=O)c3ccccc3C)ccc21. The van der Waals surface area contributed by atoms with Crippen LogP contribution in [0.4, 0.5) is 0 Å². The van der Waals surface area contributed by atoms with Crippen molar-refractivity contribution in [3.63, 3.8) is 0 Å². The zero-order valence-corrected chi connectivity index (χ0v) is 18.5. The minimum atomic E-state index is -0.277. The minimum Gasteiger partial charge on any atom is -0.341 e. The zero-order valence-electron chi connectivity index (χ0n) is 17.6. The van der Waals surface area contributed by atoms with Crippen LogP contribution in [0, 0.1) is 12.3 Å². The smallest absolute Gasteiger partial charge is 0.206 e. The maximum atomic E-state index is 13.2. The van der Waals surface area contributed by atoms with E-state index in [1.165, 1.54) is 0 Å². The van der Waals surface area contributed by atoms with Crippen LogP contribution in [0.2, 0.25) is 0 Å². The highest BCUT2D eigenvalue weighted by atomic mass is 32.1. The number of aryl methyl sites for hydroxylation is 2. The second-order valence-electron chi connectivity index (χ2n) is 7.63. The van der Waals surface area contributed by atoms with Gasteiger partial charge in [-0.3, -0.25) is 9.59 Å². The summed E-state index contributed by atoms with van der Waals surface area (Å²) >= 11 is 4.13. The van der Waals surface area contributed by atoms with Crippen LogP contribution in [0.3, 0.4) is 0 Å². The molecule has 0 unspecified atom stereocenters. The first-order valence-corrected chi connectivity index (χ1v) is 11.0. The highest BCUT2D eigenvalue weighted by Crippen LogP contribution is 2.31. The molecule has 0 saturated heterocycles. The second-order valence-corrected chi connectivity index (χ2v) is 8.08. The number of benzene rings is 3. The first-order chi connectivity index (χ1) is 15.0. The first-order valence-electron chi connectivity index (χ1n) is 10.4. The largest absolute Gasteiger partial charge is 0.341 e. The van der Waals surface area contributed by atoms with E-state index in [2.05, 4.69) is 24.1 Å². The molecule has 1 aromatic heterocycles. The van der Waals surface area contributed by atoms with Crippen molar-refractivity contribution in [1.82, 2.24) is 4.57 Å². The topological polar surface area (TPSA) is 62.9 Å². The number of ketones is 2. The fourth-order valence-corrected chi connectivity index (χ4v) is 4.33. The molecule has 156 valence electrons. The molecule has 0 bridgehead atoms. The van der Waals surface area contributed by atoms with Gasteiger partial charge in [0.2, 0.25) is 5.78 Å². The molecule has 31 heavy (non-hydrogen) atoms. The highest BCUT2D eigenvalue weighted by molar-refractivity contribution is 7.80. The van der Waals surface area contributed by atoms with E-state index in [9.17, 15) is 9.59 Å². The predicted molar refractivity (Wildman–Crippen MR) is 130 cm³/mol. The van der Waals surface area contributed by atoms with Crippen molar-refractivity contribution in [2.75, 3.05) is 5.75 Å². The Morgan fingerprint density at radius 1 is 0.935 bits per heavy atom.